The number of halogens is 9. The molecule has 13 heteroatoms. The molecule has 0 aliphatic rings. The Morgan fingerprint density at radius 2 is 1.30 bits per heavy atom. The molecule has 0 saturated heterocycles. The molecular weight excluding hydrogens is 355 g/mol. The van der Waals surface area contributed by atoms with Crippen molar-refractivity contribution in [2.75, 3.05) is 13.2 Å². The Kier molecular flexibility index (Phi) is 7.12. The molecular formula is C10H5F9O4. The SMILES string of the molecule is O=C(OC/C=C(\F)C(F)(F)F)C(=O)OC/C(F)=C(\F)C(F)(F)F. The first kappa shape index (κ1) is 20.8. The van der Waals surface area contributed by atoms with Gasteiger partial charge in [-0.2, -0.15) is 30.7 Å². The predicted molar refractivity (Wildman–Crippen MR) is 52.5 cm³/mol. The van der Waals surface area contributed by atoms with Gasteiger partial charge in [0.25, 0.3) is 0 Å². The van der Waals surface area contributed by atoms with Crippen molar-refractivity contribution >= 4 is 11.9 Å². The third-order valence-electron chi connectivity index (χ3n) is 1.73. The van der Waals surface area contributed by atoms with Crippen molar-refractivity contribution in [2.45, 2.75) is 12.4 Å². The minimum Gasteiger partial charge on any atom is -0.453 e. The van der Waals surface area contributed by atoms with E-state index in [2.05, 4.69) is 9.47 Å². The van der Waals surface area contributed by atoms with Gasteiger partial charge in [-0.3, -0.25) is 0 Å². The number of ether oxygens (including phenoxy) is 2. The molecule has 0 aromatic carbocycles. The fraction of sp³-hybridized carbons (Fsp3) is 0.400. The lowest BCUT2D eigenvalue weighted by Crippen LogP contribution is -2.22. The highest BCUT2D eigenvalue weighted by atomic mass is 19.4. The number of esters is 2. The zero-order valence-corrected chi connectivity index (χ0v) is 10.5. The molecule has 4 nitrogen and oxygen atoms in total. The summed E-state index contributed by atoms with van der Waals surface area (Å²) in [7, 11) is 0. The lowest BCUT2D eigenvalue weighted by molar-refractivity contribution is -0.166. The first-order valence-corrected chi connectivity index (χ1v) is 5.15. The maximum Gasteiger partial charge on any atom is 0.445 e. The lowest BCUT2D eigenvalue weighted by atomic mass is 10.4. The topological polar surface area (TPSA) is 52.6 Å². The molecule has 0 N–H and O–H groups in total. The van der Waals surface area contributed by atoms with Crippen LogP contribution in [0.15, 0.2) is 23.6 Å². The zero-order valence-electron chi connectivity index (χ0n) is 10.5. The Bertz CT molecular complexity index is 515. The van der Waals surface area contributed by atoms with E-state index in [0.717, 1.165) is 0 Å². The Morgan fingerprint density at radius 3 is 1.74 bits per heavy atom. The van der Waals surface area contributed by atoms with Crippen LogP contribution in [0.5, 0.6) is 0 Å². The van der Waals surface area contributed by atoms with Crippen LogP contribution in [0.25, 0.3) is 0 Å². The van der Waals surface area contributed by atoms with Gasteiger partial charge in [0, 0.05) is 0 Å². The summed E-state index contributed by atoms with van der Waals surface area (Å²) in [5, 5.41) is 0. The maximum absolute atomic E-state index is 12.6. The molecule has 0 atom stereocenters. The standard InChI is InChI=1S/C10H5F9O4/c11-4(6(13)10(17,18)19)3-23-8(21)7(20)22-2-1-5(12)9(14,15)16/h1H,2-3H2/b5-1-,6-4+. The van der Waals surface area contributed by atoms with Crippen LogP contribution < -0.4 is 0 Å². The van der Waals surface area contributed by atoms with Gasteiger partial charge in [-0.05, 0) is 6.08 Å². The van der Waals surface area contributed by atoms with E-state index in [-0.39, 0.29) is 6.08 Å². The van der Waals surface area contributed by atoms with Gasteiger partial charge in [0.05, 0.1) is 0 Å². The van der Waals surface area contributed by atoms with Gasteiger partial charge in [-0.1, -0.05) is 0 Å². The molecule has 0 aromatic rings. The van der Waals surface area contributed by atoms with Crippen LogP contribution >= 0.6 is 0 Å². The monoisotopic (exact) mass is 360 g/mol. The lowest BCUT2D eigenvalue weighted by Gasteiger charge is -2.06. The van der Waals surface area contributed by atoms with E-state index in [1.54, 1.807) is 0 Å². The van der Waals surface area contributed by atoms with Crippen molar-refractivity contribution in [2.24, 2.45) is 0 Å². The molecule has 23 heavy (non-hydrogen) atoms. The van der Waals surface area contributed by atoms with Crippen LogP contribution in [0.1, 0.15) is 0 Å². The van der Waals surface area contributed by atoms with E-state index in [1.165, 1.54) is 0 Å². The summed E-state index contributed by atoms with van der Waals surface area (Å²) in [5.41, 5.74) is 0. The highest BCUT2D eigenvalue weighted by Gasteiger charge is 2.38. The van der Waals surface area contributed by atoms with Crippen molar-refractivity contribution in [3.63, 3.8) is 0 Å². The molecule has 0 radical (unpaired) electrons. The van der Waals surface area contributed by atoms with E-state index < -0.39 is 55.0 Å². The third-order valence-corrected chi connectivity index (χ3v) is 1.73. The first-order valence-electron chi connectivity index (χ1n) is 5.15. The molecule has 0 aliphatic carbocycles. The largest absolute Gasteiger partial charge is 0.453 e. The molecule has 132 valence electrons. The van der Waals surface area contributed by atoms with E-state index in [0.29, 0.717) is 0 Å². The summed E-state index contributed by atoms with van der Waals surface area (Å²) in [6.07, 6.45) is -11.3. The van der Waals surface area contributed by atoms with Gasteiger partial charge in [-0.25, -0.2) is 18.4 Å². The smallest absolute Gasteiger partial charge is 0.445 e. The van der Waals surface area contributed by atoms with Gasteiger partial charge < -0.3 is 9.47 Å². The van der Waals surface area contributed by atoms with Crippen LogP contribution in [-0.2, 0) is 19.1 Å². The number of allylic oxidation sites excluding steroid dienone is 2. The molecule has 0 aliphatic heterocycles. The Balaban J connectivity index is 4.47. The second kappa shape index (κ2) is 7.87. The quantitative estimate of drug-likeness (QED) is 0.439. The summed E-state index contributed by atoms with van der Waals surface area (Å²) in [5.74, 6) is -12.6. The second-order valence-corrected chi connectivity index (χ2v) is 3.44. The van der Waals surface area contributed by atoms with Gasteiger partial charge in [-0.15, -0.1) is 0 Å². The third kappa shape index (κ3) is 7.56. The molecule has 0 fully saturated rings. The second-order valence-electron chi connectivity index (χ2n) is 3.44. The van der Waals surface area contributed by atoms with Crippen LogP contribution in [-0.4, -0.2) is 37.5 Å². The maximum atomic E-state index is 12.6. The molecule has 0 aromatic heterocycles. The average Bonchev–Trinajstić information content (AvgIpc) is 2.40. The minimum absolute atomic E-state index is 0.269. The number of rotatable bonds is 4. The fourth-order valence-electron chi connectivity index (χ4n) is 0.770. The van der Waals surface area contributed by atoms with Crippen molar-refractivity contribution in [3.05, 3.63) is 23.6 Å². The molecule has 0 heterocycles. The number of alkyl halides is 6. The van der Waals surface area contributed by atoms with Crippen LogP contribution in [0.2, 0.25) is 0 Å². The van der Waals surface area contributed by atoms with Crippen molar-refractivity contribution in [1.82, 2.24) is 0 Å². The summed E-state index contributed by atoms with van der Waals surface area (Å²) in [6.45, 7) is -3.28. The number of carbonyl (C=O) groups excluding carboxylic acids is 2. The van der Waals surface area contributed by atoms with Crippen LogP contribution in [0.3, 0.4) is 0 Å². The molecule has 0 spiro atoms. The van der Waals surface area contributed by atoms with E-state index in [9.17, 15) is 49.1 Å². The van der Waals surface area contributed by atoms with Gasteiger partial charge in [0.15, 0.2) is 5.83 Å². The summed E-state index contributed by atoms with van der Waals surface area (Å²) < 4.78 is 114. The molecule has 0 bridgehead atoms. The first-order chi connectivity index (χ1) is 10.3. The van der Waals surface area contributed by atoms with Crippen molar-refractivity contribution in [3.8, 4) is 0 Å². The van der Waals surface area contributed by atoms with Crippen LogP contribution in [0.4, 0.5) is 39.5 Å². The Morgan fingerprint density at radius 1 is 0.826 bits per heavy atom. The fourth-order valence-corrected chi connectivity index (χ4v) is 0.770. The summed E-state index contributed by atoms with van der Waals surface area (Å²) in [6, 6.07) is 0. The predicted octanol–water partition coefficient (Wildman–Crippen LogP) is 3.20. The van der Waals surface area contributed by atoms with Crippen molar-refractivity contribution < 1.29 is 58.6 Å². The van der Waals surface area contributed by atoms with Gasteiger partial charge in [0.2, 0.25) is 11.7 Å². The van der Waals surface area contributed by atoms with E-state index >= 15 is 0 Å². The highest BCUT2D eigenvalue weighted by molar-refractivity contribution is 6.29. The van der Waals surface area contributed by atoms with Gasteiger partial charge >= 0.3 is 24.3 Å². The molecule has 0 rings (SSSR count). The van der Waals surface area contributed by atoms with Crippen LogP contribution in [0, 0.1) is 0 Å². The molecule has 0 saturated carbocycles. The number of hydrogen-bond acceptors (Lipinski definition) is 4. The normalized spacial score (nSPS) is 14.2. The van der Waals surface area contributed by atoms with E-state index in [1.807, 2.05) is 0 Å². The summed E-state index contributed by atoms with van der Waals surface area (Å²) >= 11 is 0. The Labute approximate surface area is 121 Å². The zero-order chi connectivity index (χ0) is 18.4. The summed E-state index contributed by atoms with van der Waals surface area (Å²) in [4.78, 5) is 21.5. The van der Waals surface area contributed by atoms with Gasteiger partial charge in [0.1, 0.15) is 13.2 Å². The Hall–Kier alpha value is -2.21. The van der Waals surface area contributed by atoms with E-state index in [4.69, 9.17) is 0 Å². The molecule has 0 unspecified atom stereocenters. The minimum atomic E-state index is -5.68. The number of carbonyl (C=O) groups is 2. The molecule has 0 amide bonds. The van der Waals surface area contributed by atoms with Crippen molar-refractivity contribution in [1.29, 1.82) is 0 Å². The number of hydrogen-bond donors (Lipinski definition) is 0. The average molecular weight is 360 g/mol. The highest BCUT2D eigenvalue weighted by Crippen LogP contribution is 2.29.